The lowest BCUT2D eigenvalue weighted by atomic mass is 9.99. The SMILES string of the molecule is C[Si](C)(C)OC[C@H]1O[CH][C@@H](O)[C@@H](O[Si](C)(C)C)[C@@]1(O[Si](C)(C)C)[Si](C)(C)C. The topological polar surface area (TPSA) is 57.2 Å². The number of ether oxygens (including phenoxy) is 1. The Morgan fingerprint density at radius 2 is 1.37 bits per heavy atom. The fourth-order valence-electron chi connectivity index (χ4n) is 3.50. The molecule has 0 bridgehead atoms. The monoisotopic (exact) mass is 451 g/mol. The van der Waals surface area contributed by atoms with Crippen molar-refractivity contribution < 1.29 is 23.1 Å². The van der Waals surface area contributed by atoms with Gasteiger partial charge in [0.15, 0.2) is 25.0 Å². The number of hydrogen-bond acceptors (Lipinski definition) is 5. The maximum absolute atomic E-state index is 10.9. The molecule has 0 aromatic rings. The summed E-state index contributed by atoms with van der Waals surface area (Å²) in [6.45, 7) is 28.5. The highest BCUT2D eigenvalue weighted by molar-refractivity contribution is 6.81. The summed E-state index contributed by atoms with van der Waals surface area (Å²) in [5, 5.41) is 10.3. The lowest BCUT2D eigenvalue weighted by Crippen LogP contribution is -2.77. The molecule has 0 unspecified atom stereocenters. The normalized spacial score (nSPS) is 31.2. The van der Waals surface area contributed by atoms with Crippen molar-refractivity contribution in [1.82, 2.24) is 0 Å². The Hall–Kier alpha value is 0.668. The molecule has 1 fully saturated rings. The van der Waals surface area contributed by atoms with Crippen LogP contribution in [-0.2, 0) is 18.0 Å². The van der Waals surface area contributed by atoms with Crippen LogP contribution in [0.1, 0.15) is 0 Å². The van der Waals surface area contributed by atoms with Gasteiger partial charge in [0.05, 0.1) is 14.7 Å². The number of aliphatic hydroxyl groups is 1. The summed E-state index contributed by atoms with van der Waals surface area (Å²) < 4.78 is 26.0. The van der Waals surface area contributed by atoms with Gasteiger partial charge in [0.1, 0.15) is 30.1 Å². The van der Waals surface area contributed by atoms with Gasteiger partial charge in [0.25, 0.3) is 0 Å². The molecule has 1 heterocycles. The van der Waals surface area contributed by atoms with Crippen molar-refractivity contribution in [2.24, 2.45) is 0 Å². The van der Waals surface area contributed by atoms with Crippen molar-refractivity contribution in [2.75, 3.05) is 6.61 Å². The minimum Gasteiger partial charge on any atom is -0.415 e. The van der Waals surface area contributed by atoms with E-state index in [4.69, 9.17) is 18.0 Å². The molecule has 0 spiro atoms. The fourth-order valence-corrected chi connectivity index (χ4v) is 11.0. The minimum absolute atomic E-state index is 0.271. The van der Waals surface area contributed by atoms with Gasteiger partial charge in [-0.3, -0.25) is 0 Å². The van der Waals surface area contributed by atoms with Crippen molar-refractivity contribution in [1.29, 1.82) is 0 Å². The standard InChI is InChI=1S/C18H43O5Si4/c1-24(2,3)18(23-27(10,11)12)16(14-21-25(4,5)6)20-13-15(19)17(18)22-26(7,8)9/h13,15-17,19H,14H2,1-12H3/t15-,16-,17-,18+/m1/s1. The van der Waals surface area contributed by atoms with Crippen LogP contribution in [-0.4, -0.2) is 68.3 Å². The van der Waals surface area contributed by atoms with E-state index in [0.717, 1.165) is 0 Å². The average molecular weight is 452 g/mol. The number of aliphatic hydroxyl groups excluding tert-OH is 1. The Balaban J connectivity index is 3.50. The summed E-state index contributed by atoms with van der Waals surface area (Å²) in [6, 6.07) is 0. The number of hydrogen-bond donors (Lipinski definition) is 1. The van der Waals surface area contributed by atoms with Crippen LogP contribution in [0.25, 0.3) is 0 Å². The van der Waals surface area contributed by atoms with Crippen LogP contribution in [0.3, 0.4) is 0 Å². The molecule has 0 aromatic carbocycles. The molecule has 1 rings (SSSR count). The molecule has 0 aliphatic carbocycles. The summed E-state index contributed by atoms with van der Waals surface area (Å²) in [7, 11) is -7.66. The maximum atomic E-state index is 10.9. The van der Waals surface area contributed by atoms with Gasteiger partial charge >= 0.3 is 0 Å². The molecule has 1 radical (unpaired) electrons. The molecule has 27 heavy (non-hydrogen) atoms. The van der Waals surface area contributed by atoms with Gasteiger partial charge in [-0.25, -0.2) is 0 Å². The molecular formula is C18H43O5Si4. The lowest BCUT2D eigenvalue weighted by molar-refractivity contribution is -0.181. The van der Waals surface area contributed by atoms with Gasteiger partial charge in [-0.05, 0) is 58.9 Å². The van der Waals surface area contributed by atoms with Gasteiger partial charge in [-0.1, -0.05) is 19.6 Å². The van der Waals surface area contributed by atoms with Crippen LogP contribution in [0.2, 0.25) is 78.6 Å². The highest BCUT2D eigenvalue weighted by Gasteiger charge is 2.63. The summed E-state index contributed by atoms with van der Waals surface area (Å²) in [5.74, 6) is 0. The van der Waals surface area contributed by atoms with Crippen LogP contribution in [0.15, 0.2) is 0 Å². The molecule has 1 aliphatic rings. The van der Waals surface area contributed by atoms with E-state index in [-0.39, 0.29) is 6.10 Å². The molecular weight excluding hydrogens is 409 g/mol. The second-order valence-corrected chi connectivity index (χ2v) is 30.3. The van der Waals surface area contributed by atoms with Crippen molar-refractivity contribution in [2.45, 2.75) is 102 Å². The summed E-state index contributed by atoms with van der Waals surface area (Å²) in [5.41, 5.74) is 0. The number of rotatable bonds is 8. The van der Waals surface area contributed by atoms with Crippen molar-refractivity contribution >= 4 is 33.0 Å². The van der Waals surface area contributed by atoms with Crippen LogP contribution in [0.4, 0.5) is 0 Å². The van der Waals surface area contributed by atoms with Gasteiger partial charge in [-0.2, -0.15) is 0 Å². The second-order valence-electron chi connectivity index (χ2n) is 11.6. The van der Waals surface area contributed by atoms with E-state index >= 15 is 0 Å². The quantitative estimate of drug-likeness (QED) is 0.553. The first-order valence-electron chi connectivity index (χ1n) is 9.97. The zero-order valence-corrected chi connectivity index (χ0v) is 23.6. The van der Waals surface area contributed by atoms with E-state index in [0.29, 0.717) is 6.61 Å². The predicted molar refractivity (Wildman–Crippen MR) is 123 cm³/mol. The Bertz CT molecular complexity index is 490. The van der Waals surface area contributed by atoms with E-state index < -0.39 is 50.5 Å². The second kappa shape index (κ2) is 8.42. The third kappa shape index (κ3) is 7.14. The van der Waals surface area contributed by atoms with E-state index in [1.807, 2.05) is 0 Å². The average Bonchev–Trinajstić information content (AvgIpc) is 2.36. The summed E-state index contributed by atoms with van der Waals surface area (Å²) >= 11 is 0. The van der Waals surface area contributed by atoms with Crippen LogP contribution >= 0.6 is 0 Å². The first kappa shape index (κ1) is 25.7. The lowest BCUT2D eigenvalue weighted by Gasteiger charge is -2.59. The Morgan fingerprint density at radius 3 is 1.74 bits per heavy atom. The molecule has 5 nitrogen and oxygen atoms in total. The van der Waals surface area contributed by atoms with Crippen molar-refractivity contribution in [3.8, 4) is 0 Å². The predicted octanol–water partition coefficient (Wildman–Crippen LogP) is 4.45. The van der Waals surface area contributed by atoms with E-state index in [1.54, 1.807) is 0 Å². The maximum Gasteiger partial charge on any atom is 0.184 e. The smallest absolute Gasteiger partial charge is 0.184 e. The van der Waals surface area contributed by atoms with Gasteiger partial charge < -0.3 is 23.1 Å². The molecule has 0 saturated carbocycles. The van der Waals surface area contributed by atoms with Gasteiger partial charge in [0.2, 0.25) is 0 Å². The van der Waals surface area contributed by atoms with Crippen LogP contribution < -0.4 is 0 Å². The molecule has 1 N–H and O–H groups in total. The van der Waals surface area contributed by atoms with Crippen LogP contribution in [0, 0.1) is 6.61 Å². The fraction of sp³-hybridized carbons (Fsp3) is 0.944. The highest BCUT2D eigenvalue weighted by Crippen LogP contribution is 2.44. The Labute approximate surface area is 171 Å². The highest BCUT2D eigenvalue weighted by atomic mass is 28.4. The van der Waals surface area contributed by atoms with Crippen molar-refractivity contribution in [3.63, 3.8) is 0 Å². The first-order chi connectivity index (χ1) is 11.8. The molecule has 9 heteroatoms. The third-order valence-corrected chi connectivity index (χ3v) is 10.6. The first-order valence-corrected chi connectivity index (χ1v) is 23.7. The largest absolute Gasteiger partial charge is 0.415 e. The Kier molecular flexibility index (Phi) is 8.02. The molecule has 0 aromatic heterocycles. The molecule has 161 valence electrons. The molecule has 4 atom stereocenters. The van der Waals surface area contributed by atoms with Gasteiger partial charge in [0, 0.05) is 0 Å². The van der Waals surface area contributed by atoms with Crippen LogP contribution in [0.5, 0.6) is 0 Å². The van der Waals surface area contributed by atoms with Crippen molar-refractivity contribution in [3.05, 3.63) is 6.61 Å². The Morgan fingerprint density at radius 1 is 0.852 bits per heavy atom. The van der Waals surface area contributed by atoms with E-state index in [9.17, 15) is 5.11 Å². The minimum atomic E-state index is -2.04. The zero-order valence-electron chi connectivity index (χ0n) is 19.6. The third-order valence-electron chi connectivity index (χ3n) is 4.39. The molecule has 1 saturated heterocycles. The summed E-state index contributed by atoms with van der Waals surface area (Å²) in [6.07, 6.45) is -1.50. The summed E-state index contributed by atoms with van der Waals surface area (Å²) in [4.78, 5) is 0. The van der Waals surface area contributed by atoms with E-state index in [1.165, 1.54) is 6.61 Å². The molecule has 0 amide bonds. The van der Waals surface area contributed by atoms with E-state index in [2.05, 4.69) is 78.6 Å². The molecule has 1 aliphatic heterocycles. The zero-order chi connectivity index (χ0) is 21.5. The van der Waals surface area contributed by atoms with Gasteiger partial charge in [-0.15, -0.1) is 0 Å².